The first-order valence-corrected chi connectivity index (χ1v) is 6.74. The third-order valence-electron chi connectivity index (χ3n) is 3.51. The number of nitrogens with zero attached hydrogens (tertiary/aromatic N) is 4. The quantitative estimate of drug-likeness (QED) is 0.763. The van der Waals surface area contributed by atoms with Crippen molar-refractivity contribution in [3.63, 3.8) is 0 Å². The van der Waals surface area contributed by atoms with Gasteiger partial charge in [-0.1, -0.05) is 30.3 Å². The van der Waals surface area contributed by atoms with E-state index in [0.717, 1.165) is 17.1 Å². The number of aliphatic hydroxyl groups is 1. The first-order valence-electron chi connectivity index (χ1n) is 6.74. The molecule has 6 nitrogen and oxygen atoms in total. The van der Waals surface area contributed by atoms with Crippen LogP contribution in [0.3, 0.4) is 0 Å². The van der Waals surface area contributed by atoms with Crippen LogP contribution in [0, 0.1) is 6.92 Å². The second-order valence-electron chi connectivity index (χ2n) is 5.24. The summed E-state index contributed by atoms with van der Waals surface area (Å²) < 4.78 is 1.63. The molecule has 0 aliphatic rings. The molecule has 2 heterocycles. The van der Waals surface area contributed by atoms with Crippen LogP contribution in [0.2, 0.25) is 0 Å². The molecule has 3 aromatic rings. The van der Waals surface area contributed by atoms with Crippen molar-refractivity contribution in [3.8, 4) is 0 Å². The fourth-order valence-electron chi connectivity index (χ4n) is 2.31. The zero-order chi connectivity index (χ0) is 14.9. The second-order valence-corrected chi connectivity index (χ2v) is 5.24. The summed E-state index contributed by atoms with van der Waals surface area (Å²) in [6.07, 6.45) is 1.46. The fraction of sp³-hybridized carbons (Fsp3) is 0.267. The monoisotopic (exact) mass is 283 g/mol. The van der Waals surface area contributed by atoms with E-state index in [1.165, 1.54) is 6.33 Å². The molecule has 0 spiro atoms. The Kier molecular flexibility index (Phi) is 3.31. The lowest BCUT2D eigenvalue weighted by atomic mass is 9.93. The molecule has 6 heteroatoms. The second kappa shape index (κ2) is 5.14. The van der Waals surface area contributed by atoms with Crippen LogP contribution >= 0.6 is 0 Å². The molecule has 0 fully saturated rings. The molecule has 2 aromatic heterocycles. The molecule has 108 valence electrons. The van der Waals surface area contributed by atoms with Crippen LogP contribution in [-0.2, 0) is 5.54 Å². The molecular weight excluding hydrogens is 266 g/mol. The van der Waals surface area contributed by atoms with Gasteiger partial charge >= 0.3 is 0 Å². The topological polar surface area (TPSA) is 75.3 Å². The molecular formula is C15H17N5O. The summed E-state index contributed by atoms with van der Waals surface area (Å²) in [5.74, 6) is 1.28. The maximum Gasteiger partial charge on any atom is 0.254 e. The van der Waals surface area contributed by atoms with E-state index in [9.17, 15) is 5.11 Å². The van der Waals surface area contributed by atoms with Gasteiger partial charge < -0.3 is 10.4 Å². The van der Waals surface area contributed by atoms with Crippen LogP contribution in [0.5, 0.6) is 0 Å². The average Bonchev–Trinajstić information content (AvgIpc) is 2.96. The summed E-state index contributed by atoms with van der Waals surface area (Å²) in [5, 5.41) is 17.4. The van der Waals surface area contributed by atoms with E-state index in [-0.39, 0.29) is 6.61 Å². The van der Waals surface area contributed by atoms with Gasteiger partial charge in [0.2, 0.25) is 0 Å². The van der Waals surface area contributed by atoms with Gasteiger partial charge in [0.05, 0.1) is 12.1 Å². The molecule has 0 aliphatic carbocycles. The van der Waals surface area contributed by atoms with Gasteiger partial charge in [-0.05, 0) is 19.4 Å². The van der Waals surface area contributed by atoms with Crippen molar-refractivity contribution >= 4 is 11.6 Å². The van der Waals surface area contributed by atoms with Gasteiger partial charge in [0.15, 0.2) is 0 Å². The Morgan fingerprint density at radius 2 is 2.05 bits per heavy atom. The van der Waals surface area contributed by atoms with Crippen molar-refractivity contribution in [1.82, 2.24) is 19.6 Å². The third kappa shape index (κ3) is 2.45. The predicted molar refractivity (Wildman–Crippen MR) is 80.0 cm³/mol. The Bertz CT molecular complexity index is 755. The predicted octanol–water partition coefficient (Wildman–Crippen LogP) is 1.75. The summed E-state index contributed by atoms with van der Waals surface area (Å²) in [6.45, 7) is 3.80. The third-order valence-corrected chi connectivity index (χ3v) is 3.51. The number of anilines is 1. The first kappa shape index (κ1) is 13.5. The van der Waals surface area contributed by atoms with Crippen LogP contribution in [0.4, 0.5) is 5.82 Å². The normalized spacial score (nSPS) is 14.0. The van der Waals surface area contributed by atoms with Crippen molar-refractivity contribution in [2.75, 3.05) is 11.9 Å². The number of hydrogen-bond acceptors (Lipinski definition) is 5. The number of rotatable bonds is 4. The van der Waals surface area contributed by atoms with E-state index in [2.05, 4.69) is 20.4 Å². The van der Waals surface area contributed by atoms with E-state index in [4.69, 9.17) is 0 Å². The molecule has 21 heavy (non-hydrogen) atoms. The zero-order valence-electron chi connectivity index (χ0n) is 12.0. The van der Waals surface area contributed by atoms with Crippen LogP contribution in [0.25, 0.3) is 5.78 Å². The van der Waals surface area contributed by atoms with Crippen molar-refractivity contribution in [2.45, 2.75) is 19.4 Å². The highest BCUT2D eigenvalue weighted by molar-refractivity contribution is 5.48. The highest BCUT2D eigenvalue weighted by atomic mass is 16.3. The number of aliphatic hydroxyl groups excluding tert-OH is 1. The lowest BCUT2D eigenvalue weighted by Crippen LogP contribution is -2.36. The van der Waals surface area contributed by atoms with Gasteiger partial charge in [-0.15, -0.1) is 0 Å². The van der Waals surface area contributed by atoms with Gasteiger partial charge in [-0.3, -0.25) is 0 Å². The molecule has 3 rings (SSSR count). The Balaban J connectivity index is 2.05. The molecule has 0 amide bonds. The van der Waals surface area contributed by atoms with Crippen LogP contribution in [-0.4, -0.2) is 31.3 Å². The Morgan fingerprint density at radius 1 is 1.29 bits per heavy atom. The lowest BCUT2D eigenvalue weighted by Gasteiger charge is -2.30. The highest BCUT2D eigenvalue weighted by Gasteiger charge is 2.26. The Morgan fingerprint density at radius 3 is 2.76 bits per heavy atom. The highest BCUT2D eigenvalue weighted by Crippen LogP contribution is 2.25. The standard InChI is InChI=1S/C15H17N5O/c1-11-8-13(20-14(18-11)16-10-17-20)19-15(2,9-21)12-6-4-3-5-7-12/h3-8,10,19,21H,9H2,1-2H3. The van der Waals surface area contributed by atoms with Crippen molar-refractivity contribution in [3.05, 3.63) is 54.0 Å². The van der Waals surface area contributed by atoms with E-state index in [0.29, 0.717) is 5.78 Å². The number of aryl methyl sites for hydroxylation is 1. The van der Waals surface area contributed by atoms with E-state index >= 15 is 0 Å². The van der Waals surface area contributed by atoms with Gasteiger partial charge in [0, 0.05) is 11.8 Å². The van der Waals surface area contributed by atoms with Crippen molar-refractivity contribution < 1.29 is 5.11 Å². The van der Waals surface area contributed by atoms with Gasteiger partial charge in [-0.2, -0.15) is 14.6 Å². The van der Waals surface area contributed by atoms with Gasteiger partial charge in [-0.25, -0.2) is 4.98 Å². The van der Waals surface area contributed by atoms with E-state index in [1.807, 2.05) is 50.2 Å². The smallest absolute Gasteiger partial charge is 0.254 e. The van der Waals surface area contributed by atoms with Crippen molar-refractivity contribution in [2.24, 2.45) is 0 Å². The number of aromatic nitrogens is 4. The summed E-state index contributed by atoms with van der Waals surface area (Å²) in [6, 6.07) is 11.7. The summed E-state index contributed by atoms with van der Waals surface area (Å²) in [4.78, 5) is 8.42. The van der Waals surface area contributed by atoms with Crippen LogP contribution in [0.1, 0.15) is 18.2 Å². The summed E-state index contributed by atoms with van der Waals surface area (Å²) in [5.41, 5.74) is 1.22. The van der Waals surface area contributed by atoms with E-state index in [1.54, 1.807) is 4.52 Å². The number of hydrogen-bond donors (Lipinski definition) is 2. The number of nitrogens with one attached hydrogen (secondary N) is 1. The first-order chi connectivity index (χ1) is 10.1. The minimum absolute atomic E-state index is 0.0470. The molecule has 1 unspecified atom stereocenters. The molecule has 0 saturated heterocycles. The molecule has 0 radical (unpaired) electrons. The van der Waals surface area contributed by atoms with Gasteiger partial charge in [0.1, 0.15) is 12.1 Å². The Hall–Kier alpha value is -2.47. The lowest BCUT2D eigenvalue weighted by molar-refractivity contribution is 0.223. The van der Waals surface area contributed by atoms with E-state index < -0.39 is 5.54 Å². The molecule has 2 N–H and O–H groups in total. The van der Waals surface area contributed by atoms with Crippen LogP contribution < -0.4 is 5.32 Å². The van der Waals surface area contributed by atoms with Crippen LogP contribution in [0.15, 0.2) is 42.7 Å². The SMILES string of the molecule is Cc1cc(NC(C)(CO)c2ccccc2)n2ncnc2n1. The zero-order valence-corrected chi connectivity index (χ0v) is 12.0. The summed E-state index contributed by atoms with van der Waals surface area (Å²) >= 11 is 0. The number of fused-ring (bicyclic) bond motifs is 1. The molecule has 0 bridgehead atoms. The largest absolute Gasteiger partial charge is 0.394 e. The molecule has 0 saturated carbocycles. The summed E-state index contributed by atoms with van der Waals surface area (Å²) in [7, 11) is 0. The Labute approximate surface area is 122 Å². The molecule has 1 aromatic carbocycles. The minimum Gasteiger partial charge on any atom is -0.394 e. The maximum absolute atomic E-state index is 9.87. The fourth-order valence-corrected chi connectivity index (χ4v) is 2.31. The minimum atomic E-state index is -0.617. The van der Waals surface area contributed by atoms with Crippen molar-refractivity contribution in [1.29, 1.82) is 0 Å². The molecule has 0 aliphatic heterocycles. The molecule has 1 atom stereocenters. The number of benzene rings is 1. The maximum atomic E-state index is 9.87. The van der Waals surface area contributed by atoms with Gasteiger partial charge in [0.25, 0.3) is 5.78 Å². The average molecular weight is 283 g/mol.